The van der Waals surface area contributed by atoms with Crippen molar-refractivity contribution in [2.75, 3.05) is 7.11 Å². The van der Waals surface area contributed by atoms with Crippen LogP contribution in [0.1, 0.15) is 0 Å². The first-order chi connectivity index (χ1) is 6.57. The van der Waals surface area contributed by atoms with Gasteiger partial charge in [-0.1, -0.05) is 0 Å². The molecule has 4 nitrogen and oxygen atoms in total. The van der Waals surface area contributed by atoms with Gasteiger partial charge in [0.15, 0.2) is 0 Å². The number of nitro benzene ring substituents is 1. The first kappa shape index (κ1) is 11.3. The first-order valence-electron chi connectivity index (χ1n) is 4.39. The Morgan fingerprint density at radius 2 is 2.07 bits per heavy atom. The molecule has 0 radical (unpaired) electrons. The van der Waals surface area contributed by atoms with Crippen LogP contribution in [-0.4, -0.2) is 31.8 Å². The molecular formula is C9H13NO3Sn. The van der Waals surface area contributed by atoms with Gasteiger partial charge in [0.2, 0.25) is 0 Å². The second-order valence-corrected chi connectivity index (χ2v) is 11.5. The third kappa shape index (κ3) is 2.17. The molecule has 0 aliphatic heterocycles. The fraction of sp³-hybridized carbons (Fsp3) is 0.333. The quantitative estimate of drug-likeness (QED) is 0.480. The van der Waals surface area contributed by atoms with Gasteiger partial charge in [-0.05, 0) is 0 Å². The molecule has 0 amide bonds. The molecule has 0 heterocycles. The van der Waals surface area contributed by atoms with Crippen molar-refractivity contribution in [1.29, 1.82) is 0 Å². The Bertz CT molecular complexity index is 352. The van der Waals surface area contributed by atoms with Gasteiger partial charge in [0.25, 0.3) is 0 Å². The molecule has 0 unspecified atom stereocenters. The van der Waals surface area contributed by atoms with Gasteiger partial charge >= 0.3 is 89.7 Å². The fourth-order valence-electron chi connectivity index (χ4n) is 1.45. The summed E-state index contributed by atoms with van der Waals surface area (Å²) in [4.78, 5) is 14.7. The average molecular weight is 302 g/mol. The summed E-state index contributed by atoms with van der Waals surface area (Å²) in [6, 6.07) is 5.00. The molecule has 0 atom stereocenters. The monoisotopic (exact) mass is 303 g/mol. The summed E-state index contributed by atoms with van der Waals surface area (Å²) in [6.07, 6.45) is 0. The summed E-state index contributed by atoms with van der Waals surface area (Å²) >= 11 is -1.93. The molecule has 0 spiro atoms. The minimum absolute atomic E-state index is 0.218. The van der Waals surface area contributed by atoms with E-state index in [0.717, 1.165) is 3.58 Å². The molecule has 14 heavy (non-hydrogen) atoms. The van der Waals surface area contributed by atoms with E-state index < -0.39 is 19.8 Å². The van der Waals surface area contributed by atoms with E-state index in [-0.39, 0.29) is 10.6 Å². The van der Waals surface area contributed by atoms with Gasteiger partial charge in [-0.15, -0.1) is 0 Å². The second kappa shape index (κ2) is 4.63. The van der Waals surface area contributed by atoms with E-state index in [0.29, 0.717) is 5.75 Å². The fourth-order valence-corrected chi connectivity index (χ4v) is 5.95. The van der Waals surface area contributed by atoms with E-state index in [1.165, 1.54) is 0 Å². The van der Waals surface area contributed by atoms with E-state index >= 15 is 0 Å². The van der Waals surface area contributed by atoms with Crippen molar-refractivity contribution in [3.05, 3.63) is 28.3 Å². The molecular weight excluding hydrogens is 289 g/mol. The van der Waals surface area contributed by atoms with Crippen molar-refractivity contribution < 1.29 is 9.66 Å². The number of ether oxygens (including phenoxy) is 1. The zero-order valence-corrected chi connectivity index (χ0v) is 11.8. The van der Waals surface area contributed by atoms with Crippen LogP contribution >= 0.6 is 0 Å². The van der Waals surface area contributed by atoms with Crippen molar-refractivity contribution in [2.24, 2.45) is 0 Å². The maximum absolute atomic E-state index is 10.8. The molecule has 0 aliphatic carbocycles. The van der Waals surface area contributed by atoms with Gasteiger partial charge < -0.3 is 0 Å². The number of hydrogen-bond acceptors (Lipinski definition) is 3. The Kier molecular flexibility index (Phi) is 3.74. The molecule has 1 aromatic rings. The van der Waals surface area contributed by atoms with Gasteiger partial charge in [-0.3, -0.25) is 0 Å². The van der Waals surface area contributed by atoms with Crippen LogP contribution in [0.15, 0.2) is 18.2 Å². The molecule has 1 aromatic carbocycles. The van der Waals surface area contributed by atoms with E-state index in [1.54, 1.807) is 25.3 Å². The van der Waals surface area contributed by atoms with Gasteiger partial charge in [0.05, 0.1) is 0 Å². The summed E-state index contributed by atoms with van der Waals surface area (Å²) in [7, 11) is 1.55. The molecule has 76 valence electrons. The number of rotatable bonds is 3. The summed E-state index contributed by atoms with van der Waals surface area (Å²) < 4.78 is 6.01. The number of hydrogen-bond donors (Lipinski definition) is 0. The van der Waals surface area contributed by atoms with Crippen molar-refractivity contribution in [2.45, 2.75) is 9.88 Å². The zero-order valence-electron chi connectivity index (χ0n) is 8.48. The first-order valence-corrected chi connectivity index (χ1v) is 12.6. The molecule has 0 saturated carbocycles. The standard InChI is InChI=1S/C7H6NO3.2CH3.Sn.H/c1-11-7-4-2-3-6(5-7)8(9)10;;;;/h2-4H,1H3;2*1H3;;. The van der Waals surface area contributed by atoms with E-state index in [9.17, 15) is 10.1 Å². The van der Waals surface area contributed by atoms with Crippen molar-refractivity contribution in [1.82, 2.24) is 0 Å². The molecule has 0 aliphatic rings. The second-order valence-electron chi connectivity index (χ2n) is 3.30. The molecule has 0 aromatic heterocycles. The van der Waals surface area contributed by atoms with Gasteiger partial charge in [0.1, 0.15) is 0 Å². The maximum atomic E-state index is 10.8. The van der Waals surface area contributed by atoms with Crippen LogP contribution in [0.2, 0.25) is 9.88 Å². The zero-order chi connectivity index (χ0) is 10.7. The number of benzene rings is 1. The van der Waals surface area contributed by atoms with Gasteiger partial charge in [-0.25, -0.2) is 0 Å². The third-order valence-electron chi connectivity index (χ3n) is 2.04. The summed E-state index contributed by atoms with van der Waals surface area (Å²) in [5.74, 6) is 0.671. The average Bonchev–Trinajstić information content (AvgIpc) is 2.16. The number of methoxy groups -OCH3 is 1. The topological polar surface area (TPSA) is 52.4 Å². The predicted molar refractivity (Wildman–Crippen MR) is 58.2 cm³/mol. The molecule has 5 heteroatoms. The van der Waals surface area contributed by atoms with Crippen LogP contribution in [0.5, 0.6) is 5.75 Å². The van der Waals surface area contributed by atoms with Crippen LogP contribution in [0.25, 0.3) is 0 Å². The Morgan fingerprint density at radius 1 is 1.43 bits per heavy atom. The van der Waals surface area contributed by atoms with Crippen LogP contribution < -0.4 is 8.32 Å². The van der Waals surface area contributed by atoms with Crippen LogP contribution in [0, 0.1) is 10.1 Å². The van der Waals surface area contributed by atoms with Crippen LogP contribution in [0.4, 0.5) is 5.69 Å². The number of nitrogens with zero attached hydrogens (tertiary/aromatic N) is 1. The van der Waals surface area contributed by atoms with Gasteiger partial charge in [0, 0.05) is 0 Å². The van der Waals surface area contributed by atoms with Crippen molar-refractivity contribution in [3.8, 4) is 5.75 Å². The van der Waals surface area contributed by atoms with Crippen LogP contribution in [0.3, 0.4) is 0 Å². The Hall–Kier alpha value is -0.781. The summed E-state index contributed by atoms with van der Waals surface area (Å²) in [5.41, 5.74) is 0.218. The molecule has 0 fully saturated rings. The normalized spacial score (nSPS) is 10.3. The Balaban J connectivity index is 3.35. The van der Waals surface area contributed by atoms with E-state index in [4.69, 9.17) is 4.74 Å². The molecule has 0 saturated heterocycles. The molecule has 0 bridgehead atoms. The SMILES string of the molecule is COc1cccc([N+](=O)[O-])[c]1[SnH]([CH3])[CH3]. The van der Waals surface area contributed by atoms with Crippen molar-refractivity contribution >= 4 is 29.0 Å². The summed E-state index contributed by atoms with van der Waals surface area (Å²) in [6.45, 7) is 0. The molecule has 1 rings (SSSR count). The van der Waals surface area contributed by atoms with Gasteiger partial charge in [-0.2, -0.15) is 0 Å². The Morgan fingerprint density at radius 3 is 2.50 bits per heavy atom. The minimum atomic E-state index is -1.93. The molecule has 0 N–H and O–H groups in total. The number of nitro groups is 1. The van der Waals surface area contributed by atoms with E-state index in [1.807, 2.05) is 0 Å². The van der Waals surface area contributed by atoms with Crippen LogP contribution in [-0.2, 0) is 0 Å². The predicted octanol–water partition coefficient (Wildman–Crippen LogP) is 1.30. The third-order valence-corrected chi connectivity index (χ3v) is 6.99. The Labute approximate surface area is 89.8 Å². The summed E-state index contributed by atoms with van der Waals surface area (Å²) in [5, 5.41) is 10.8. The van der Waals surface area contributed by atoms with E-state index in [2.05, 4.69) is 9.88 Å². The van der Waals surface area contributed by atoms with Crippen molar-refractivity contribution in [3.63, 3.8) is 0 Å².